The number of aliphatic hydroxyl groups is 1. The van der Waals surface area contributed by atoms with E-state index >= 15 is 0 Å². The summed E-state index contributed by atoms with van der Waals surface area (Å²) in [7, 11) is 0. The molecule has 0 radical (unpaired) electrons. The number of amides is 2. The lowest BCUT2D eigenvalue weighted by molar-refractivity contribution is 0.134. The van der Waals surface area contributed by atoms with Crippen LogP contribution in [-0.2, 0) is 0 Å². The molecule has 1 aliphatic carbocycles. The number of nitrogens with one attached hydrogen (secondary N) is 1. The predicted molar refractivity (Wildman–Crippen MR) is 80.3 cm³/mol. The molecule has 1 unspecified atom stereocenters. The van der Waals surface area contributed by atoms with E-state index in [4.69, 9.17) is 5.11 Å². The molecule has 0 aromatic heterocycles. The molecule has 1 atom stereocenters. The second kappa shape index (κ2) is 7.67. The van der Waals surface area contributed by atoms with Crippen molar-refractivity contribution in [3.8, 4) is 0 Å². The lowest BCUT2D eigenvalue weighted by Crippen LogP contribution is -2.47. The van der Waals surface area contributed by atoms with E-state index in [1.807, 2.05) is 11.1 Å². The zero-order chi connectivity index (χ0) is 14.4. The number of allylic oxidation sites excluding steroid dienone is 1. The summed E-state index contributed by atoms with van der Waals surface area (Å²) in [4.78, 5) is 14.2. The van der Waals surface area contributed by atoms with E-state index < -0.39 is 0 Å². The topological polar surface area (TPSA) is 52.6 Å². The lowest BCUT2D eigenvalue weighted by atomic mass is 9.99. The quantitative estimate of drug-likeness (QED) is 0.831. The van der Waals surface area contributed by atoms with Gasteiger partial charge in [-0.3, -0.25) is 0 Å². The van der Waals surface area contributed by atoms with Crippen LogP contribution in [0.25, 0.3) is 0 Å². The fourth-order valence-electron chi connectivity index (χ4n) is 3.47. The standard InChI is InChI=1S/C16H28N2O2/c1-13(14-6-2-3-7-14)12-17-16(20)18-10-5-4-8-15(18)9-11-19/h12,14-15,19H,2-11H2,1H3,(H,17,20)/b13-12+. The molecule has 20 heavy (non-hydrogen) atoms. The zero-order valence-electron chi connectivity index (χ0n) is 12.6. The first-order chi connectivity index (χ1) is 9.72. The number of hydrogen-bond acceptors (Lipinski definition) is 2. The molecule has 0 bridgehead atoms. The van der Waals surface area contributed by atoms with Crippen LogP contribution >= 0.6 is 0 Å². The smallest absolute Gasteiger partial charge is 0.321 e. The van der Waals surface area contributed by atoms with Crippen LogP contribution in [0.2, 0.25) is 0 Å². The van der Waals surface area contributed by atoms with E-state index in [1.54, 1.807) is 0 Å². The van der Waals surface area contributed by atoms with Gasteiger partial charge in [0.05, 0.1) is 0 Å². The van der Waals surface area contributed by atoms with Gasteiger partial charge in [0.1, 0.15) is 0 Å². The van der Waals surface area contributed by atoms with Crippen LogP contribution in [0.4, 0.5) is 4.79 Å². The Hall–Kier alpha value is -1.03. The number of nitrogens with zero attached hydrogens (tertiary/aromatic N) is 1. The summed E-state index contributed by atoms with van der Waals surface area (Å²) in [5.41, 5.74) is 1.30. The Bertz CT molecular complexity index is 346. The van der Waals surface area contributed by atoms with Crippen molar-refractivity contribution in [2.45, 2.75) is 64.3 Å². The summed E-state index contributed by atoms with van der Waals surface area (Å²) >= 11 is 0. The number of carbonyl (C=O) groups is 1. The molecule has 114 valence electrons. The monoisotopic (exact) mass is 280 g/mol. The maximum absolute atomic E-state index is 12.3. The minimum absolute atomic E-state index is 0.000460. The van der Waals surface area contributed by atoms with E-state index in [2.05, 4.69) is 12.2 Å². The highest BCUT2D eigenvalue weighted by molar-refractivity contribution is 5.75. The maximum atomic E-state index is 12.3. The average Bonchev–Trinajstić information content (AvgIpc) is 2.99. The van der Waals surface area contributed by atoms with Crippen molar-refractivity contribution in [1.82, 2.24) is 10.2 Å². The highest BCUT2D eigenvalue weighted by Crippen LogP contribution is 2.30. The molecule has 0 aromatic rings. The van der Waals surface area contributed by atoms with Gasteiger partial charge in [-0.25, -0.2) is 4.79 Å². The second-order valence-electron chi connectivity index (χ2n) is 6.17. The minimum atomic E-state index is 0.000460. The number of carbonyl (C=O) groups excluding carboxylic acids is 1. The Balaban J connectivity index is 1.87. The van der Waals surface area contributed by atoms with Gasteiger partial charge < -0.3 is 15.3 Å². The zero-order valence-corrected chi connectivity index (χ0v) is 12.6. The molecule has 4 heteroatoms. The van der Waals surface area contributed by atoms with Gasteiger partial charge in [-0.2, -0.15) is 0 Å². The molecule has 1 saturated heterocycles. The van der Waals surface area contributed by atoms with E-state index in [0.29, 0.717) is 12.3 Å². The summed E-state index contributed by atoms with van der Waals surface area (Å²) in [5.74, 6) is 0.657. The summed E-state index contributed by atoms with van der Waals surface area (Å²) < 4.78 is 0. The minimum Gasteiger partial charge on any atom is -0.396 e. The van der Waals surface area contributed by atoms with Crippen LogP contribution in [0, 0.1) is 5.92 Å². The van der Waals surface area contributed by atoms with Crippen molar-refractivity contribution in [3.63, 3.8) is 0 Å². The van der Waals surface area contributed by atoms with Crippen LogP contribution in [0.15, 0.2) is 11.8 Å². The van der Waals surface area contributed by atoms with Crippen molar-refractivity contribution in [2.24, 2.45) is 5.92 Å². The number of aliphatic hydroxyl groups excluding tert-OH is 1. The highest BCUT2D eigenvalue weighted by atomic mass is 16.3. The molecule has 1 aliphatic heterocycles. The molecule has 0 spiro atoms. The van der Waals surface area contributed by atoms with E-state index in [9.17, 15) is 4.79 Å². The summed E-state index contributed by atoms with van der Waals surface area (Å²) in [5, 5.41) is 12.1. The van der Waals surface area contributed by atoms with Gasteiger partial charge in [0.15, 0.2) is 0 Å². The van der Waals surface area contributed by atoms with Crippen molar-refractivity contribution in [3.05, 3.63) is 11.8 Å². The Labute approximate surface area is 122 Å². The van der Waals surface area contributed by atoms with Crippen molar-refractivity contribution >= 4 is 6.03 Å². The fraction of sp³-hybridized carbons (Fsp3) is 0.812. The molecule has 2 aliphatic rings. The van der Waals surface area contributed by atoms with Crippen molar-refractivity contribution in [1.29, 1.82) is 0 Å². The first-order valence-electron chi connectivity index (χ1n) is 8.07. The fourth-order valence-corrected chi connectivity index (χ4v) is 3.47. The molecule has 2 rings (SSSR count). The molecule has 4 nitrogen and oxygen atoms in total. The number of hydrogen-bond donors (Lipinski definition) is 2. The van der Waals surface area contributed by atoms with Crippen LogP contribution in [0.3, 0.4) is 0 Å². The third-order valence-corrected chi connectivity index (χ3v) is 4.77. The van der Waals surface area contributed by atoms with Crippen LogP contribution < -0.4 is 5.32 Å². The van der Waals surface area contributed by atoms with Gasteiger partial charge in [-0.05, 0) is 51.4 Å². The molecular formula is C16H28N2O2. The number of piperidine rings is 1. The normalized spacial score (nSPS) is 25.0. The van der Waals surface area contributed by atoms with Gasteiger partial charge >= 0.3 is 6.03 Å². The molecule has 2 amide bonds. The summed E-state index contributed by atoms with van der Waals surface area (Å²) in [6, 6.07) is 0.203. The molecule has 2 fully saturated rings. The van der Waals surface area contributed by atoms with Crippen LogP contribution in [-0.4, -0.2) is 35.2 Å². The molecule has 1 saturated carbocycles. The lowest BCUT2D eigenvalue weighted by Gasteiger charge is -2.35. The Morgan fingerprint density at radius 3 is 2.65 bits per heavy atom. The summed E-state index contributed by atoms with van der Waals surface area (Å²) in [6.45, 7) is 3.09. The van der Waals surface area contributed by atoms with Gasteiger partial charge in [0.25, 0.3) is 0 Å². The van der Waals surface area contributed by atoms with Crippen LogP contribution in [0.1, 0.15) is 58.3 Å². The van der Waals surface area contributed by atoms with E-state index in [0.717, 1.165) is 25.8 Å². The molecule has 1 heterocycles. The third-order valence-electron chi connectivity index (χ3n) is 4.77. The maximum Gasteiger partial charge on any atom is 0.321 e. The van der Waals surface area contributed by atoms with E-state index in [-0.39, 0.29) is 18.7 Å². The molecular weight excluding hydrogens is 252 g/mol. The number of likely N-dealkylation sites (tertiary alicyclic amines) is 1. The van der Waals surface area contributed by atoms with Crippen molar-refractivity contribution in [2.75, 3.05) is 13.2 Å². The number of rotatable bonds is 4. The largest absolute Gasteiger partial charge is 0.396 e. The van der Waals surface area contributed by atoms with Gasteiger partial charge in [0.2, 0.25) is 0 Å². The summed E-state index contributed by atoms with van der Waals surface area (Å²) in [6.07, 6.45) is 11.0. The Morgan fingerprint density at radius 1 is 1.25 bits per heavy atom. The Kier molecular flexibility index (Phi) is 5.89. The number of urea groups is 1. The van der Waals surface area contributed by atoms with Crippen molar-refractivity contribution < 1.29 is 9.90 Å². The van der Waals surface area contributed by atoms with Gasteiger partial charge in [-0.1, -0.05) is 18.4 Å². The highest BCUT2D eigenvalue weighted by Gasteiger charge is 2.26. The van der Waals surface area contributed by atoms with Gasteiger partial charge in [-0.15, -0.1) is 0 Å². The van der Waals surface area contributed by atoms with Gasteiger partial charge in [0, 0.05) is 25.4 Å². The molecule has 2 N–H and O–H groups in total. The SMILES string of the molecule is C/C(=C\NC(=O)N1CCCCC1CCO)C1CCCC1. The molecule has 0 aromatic carbocycles. The first kappa shape index (κ1) is 15.4. The average molecular weight is 280 g/mol. The van der Waals surface area contributed by atoms with E-state index in [1.165, 1.54) is 31.3 Å². The third kappa shape index (κ3) is 3.98. The second-order valence-corrected chi connectivity index (χ2v) is 6.17. The Morgan fingerprint density at radius 2 is 1.95 bits per heavy atom. The first-order valence-corrected chi connectivity index (χ1v) is 8.07. The van der Waals surface area contributed by atoms with Crippen LogP contribution in [0.5, 0.6) is 0 Å². The predicted octanol–water partition coefficient (Wildman–Crippen LogP) is 3.03.